The second-order valence-corrected chi connectivity index (χ2v) is 7.35. The van der Waals surface area contributed by atoms with Crippen LogP contribution in [0.1, 0.15) is 6.92 Å². The molecule has 0 unspecified atom stereocenters. The van der Waals surface area contributed by atoms with Crippen molar-refractivity contribution in [3.05, 3.63) is 48.8 Å². The van der Waals surface area contributed by atoms with Crippen molar-refractivity contribution in [2.75, 3.05) is 37.0 Å². The molecule has 0 radical (unpaired) electrons. The Labute approximate surface area is 188 Å². The van der Waals surface area contributed by atoms with E-state index in [1.54, 1.807) is 24.5 Å². The smallest absolute Gasteiger partial charge is 0.480 e. The fourth-order valence-electron chi connectivity index (χ4n) is 3.42. The van der Waals surface area contributed by atoms with Crippen molar-refractivity contribution in [2.24, 2.45) is 0 Å². The Hall–Kier alpha value is -3.60. The van der Waals surface area contributed by atoms with Gasteiger partial charge >= 0.3 is 6.36 Å². The van der Waals surface area contributed by atoms with Gasteiger partial charge in [0, 0.05) is 31.0 Å². The number of rotatable bonds is 6. The molecule has 8 nitrogen and oxygen atoms in total. The number of pyridine rings is 1. The van der Waals surface area contributed by atoms with Crippen molar-refractivity contribution in [1.82, 2.24) is 15.0 Å². The molecule has 0 saturated carbocycles. The van der Waals surface area contributed by atoms with Crippen LogP contribution in [0, 0.1) is 0 Å². The van der Waals surface area contributed by atoms with Gasteiger partial charge in [0.2, 0.25) is 11.8 Å². The highest BCUT2D eigenvalue weighted by Gasteiger charge is 2.31. The molecule has 0 aliphatic carbocycles. The quantitative estimate of drug-likeness (QED) is 0.578. The first-order valence-corrected chi connectivity index (χ1v) is 10.2. The van der Waals surface area contributed by atoms with E-state index in [2.05, 4.69) is 29.9 Å². The van der Waals surface area contributed by atoms with Gasteiger partial charge in [0.05, 0.1) is 19.8 Å². The summed E-state index contributed by atoms with van der Waals surface area (Å²) in [6, 6.07) is 9.06. The Kier molecular flexibility index (Phi) is 6.50. The lowest BCUT2D eigenvalue weighted by atomic mass is 10.1. The molecule has 174 valence electrons. The maximum absolute atomic E-state index is 12.4. The van der Waals surface area contributed by atoms with Gasteiger partial charge in [-0.3, -0.25) is 0 Å². The zero-order chi connectivity index (χ0) is 23.4. The second-order valence-electron chi connectivity index (χ2n) is 7.35. The zero-order valence-electron chi connectivity index (χ0n) is 18.0. The van der Waals surface area contributed by atoms with E-state index in [1.165, 1.54) is 31.4 Å². The van der Waals surface area contributed by atoms with E-state index in [9.17, 15) is 13.2 Å². The Morgan fingerprint density at radius 2 is 1.91 bits per heavy atom. The minimum absolute atomic E-state index is 0.0906. The topological polar surface area (TPSA) is 81.6 Å². The van der Waals surface area contributed by atoms with Crippen molar-refractivity contribution < 1.29 is 27.4 Å². The summed E-state index contributed by atoms with van der Waals surface area (Å²) in [6.45, 7) is 3.99. The molecule has 0 amide bonds. The van der Waals surface area contributed by atoms with Gasteiger partial charge in [-0.2, -0.15) is 4.98 Å². The highest BCUT2D eigenvalue weighted by Crippen LogP contribution is 2.32. The van der Waals surface area contributed by atoms with Crippen LogP contribution in [0.5, 0.6) is 11.6 Å². The monoisotopic (exact) mass is 461 g/mol. The molecule has 1 N–H and O–H groups in total. The van der Waals surface area contributed by atoms with Crippen LogP contribution in [0.4, 0.5) is 30.6 Å². The third-order valence-electron chi connectivity index (χ3n) is 4.90. The number of anilines is 3. The van der Waals surface area contributed by atoms with Crippen LogP contribution in [0.2, 0.25) is 0 Å². The summed E-state index contributed by atoms with van der Waals surface area (Å²) in [6.07, 6.45) is -1.42. The zero-order valence-corrected chi connectivity index (χ0v) is 18.0. The Morgan fingerprint density at radius 3 is 2.61 bits per heavy atom. The molecular formula is C22H22F3N5O3. The molecule has 0 bridgehead atoms. The van der Waals surface area contributed by atoms with Crippen molar-refractivity contribution in [3.63, 3.8) is 0 Å². The average Bonchev–Trinajstić information content (AvgIpc) is 2.79. The van der Waals surface area contributed by atoms with Gasteiger partial charge in [0.1, 0.15) is 17.3 Å². The number of aromatic nitrogens is 3. The Balaban J connectivity index is 1.56. The summed E-state index contributed by atoms with van der Waals surface area (Å²) in [5.74, 6) is 1.18. The third kappa shape index (κ3) is 5.80. The molecule has 33 heavy (non-hydrogen) atoms. The maximum Gasteiger partial charge on any atom is 0.573 e. The van der Waals surface area contributed by atoms with Crippen LogP contribution in [0.3, 0.4) is 0 Å². The van der Waals surface area contributed by atoms with E-state index < -0.39 is 6.36 Å². The first kappa shape index (κ1) is 22.6. The van der Waals surface area contributed by atoms with Crippen LogP contribution in [-0.4, -0.2) is 54.2 Å². The lowest BCUT2D eigenvalue weighted by Gasteiger charge is -2.31. The number of alkyl halides is 3. The van der Waals surface area contributed by atoms with Gasteiger partial charge in [-0.15, -0.1) is 13.2 Å². The van der Waals surface area contributed by atoms with Crippen molar-refractivity contribution in [1.29, 1.82) is 0 Å². The van der Waals surface area contributed by atoms with E-state index in [0.717, 1.165) is 0 Å². The van der Waals surface area contributed by atoms with E-state index in [4.69, 9.17) is 9.47 Å². The van der Waals surface area contributed by atoms with Crippen LogP contribution in [0.15, 0.2) is 48.8 Å². The van der Waals surface area contributed by atoms with Gasteiger partial charge in [-0.25, -0.2) is 9.97 Å². The van der Waals surface area contributed by atoms with Crippen molar-refractivity contribution in [2.45, 2.75) is 19.4 Å². The van der Waals surface area contributed by atoms with Crippen LogP contribution < -0.4 is 19.7 Å². The SMILES string of the molecule is COc1ncc(-c2ccc(OC(F)(F)F)cc2)cc1Nc1ccnc(N2CCO[C@H](C)C2)n1. The summed E-state index contributed by atoms with van der Waals surface area (Å²) < 4.78 is 52.1. The lowest BCUT2D eigenvalue weighted by molar-refractivity contribution is -0.274. The Bertz CT molecular complexity index is 1100. The Morgan fingerprint density at radius 1 is 1.12 bits per heavy atom. The summed E-state index contributed by atoms with van der Waals surface area (Å²) >= 11 is 0. The van der Waals surface area contributed by atoms with Crippen LogP contribution in [-0.2, 0) is 4.74 Å². The standard InChI is InChI=1S/C22H22F3N5O3/c1-14-13-30(9-10-32-14)21-26-8-7-19(29-21)28-18-11-16(12-27-20(18)31-2)15-3-5-17(6-4-15)33-22(23,24)25/h3-8,11-12,14H,9-10,13H2,1-2H3,(H,26,28,29)/t14-/m1/s1. The van der Waals surface area contributed by atoms with E-state index in [1.807, 2.05) is 6.92 Å². The predicted octanol–water partition coefficient (Wildman–Crippen LogP) is 4.41. The minimum Gasteiger partial charge on any atom is -0.480 e. The molecule has 11 heteroatoms. The lowest BCUT2D eigenvalue weighted by Crippen LogP contribution is -2.42. The number of morpholine rings is 1. The molecule has 0 spiro atoms. The molecule has 3 heterocycles. The first-order valence-electron chi connectivity index (χ1n) is 10.2. The van der Waals surface area contributed by atoms with E-state index >= 15 is 0 Å². The fourth-order valence-corrected chi connectivity index (χ4v) is 3.42. The fraction of sp³-hybridized carbons (Fsp3) is 0.318. The summed E-state index contributed by atoms with van der Waals surface area (Å²) in [5.41, 5.74) is 1.88. The minimum atomic E-state index is -4.74. The molecule has 1 aliphatic rings. The molecule has 2 aromatic heterocycles. The van der Waals surface area contributed by atoms with Gasteiger partial charge < -0.3 is 24.4 Å². The van der Waals surface area contributed by atoms with Crippen molar-refractivity contribution in [3.8, 4) is 22.8 Å². The molecule has 1 fully saturated rings. The molecule has 1 saturated heterocycles. The number of hydrogen-bond acceptors (Lipinski definition) is 8. The van der Waals surface area contributed by atoms with Gasteiger partial charge in [0.15, 0.2) is 0 Å². The summed E-state index contributed by atoms with van der Waals surface area (Å²) in [4.78, 5) is 15.3. The number of halogens is 3. The first-order chi connectivity index (χ1) is 15.8. The number of ether oxygens (including phenoxy) is 3. The molecule has 4 rings (SSSR count). The van der Waals surface area contributed by atoms with Gasteiger partial charge in [-0.1, -0.05) is 12.1 Å². The predicted molar refractivity (Wildman–Crippen MR) is 116 cm³/mol. The number of methoxy groups -OCH3 is 1. The number of benzene rings is 1. The van der Waals surface area contributed by atoms with Gasteiger partial charge in [0.25, 0.3) is 0 Å². The maximum atomic E-state index is 12.4. The summed E-state index contributed by atoms with van der Waals surface area (Å²) in [5, 5.41) is 3.20. The summed E-state index contributed by atoms with van der Waals surface area (Å²) in [7, 11) is 1.50. The number of nitrogens with one attached hydrogen (secondary N) is 1. The third-order valence-corrected chi connectivity index (χ3v) is 4.90. The second kappa shape index (κ2) is 9.49. The molecule has 1 aliphatic heterocycles. The van der Waals surface area contributed by atoms with Crippen molar-refractivity contribution >= 4 is 17.5 Å². The van der Waals surface area contributed by atoms with Gasteiger partial charge in [-0.05, 0) is 36.8 Å². The van der Waals surface area contributed by atoms with Crippen LogP contribution >= 0.6 is 0 Å². The number of nitrogens with zero attached hydrogens (tertiary/aromatic N) is 4. The normalized spacial score (nSPS) is 16.4. The largest absolute Gasteiger partial charge is 0.573 e. The van der Waals surface area contributed by atoms with Crippen LogP contribution in [0.25, 0.3) is 11.1 Å². The molecule has 1 aromatic carbocycles. The highest BCUT2D eigenvalue weighted by molar-refractivity contribution is 5.72. The molecule has 1 atom stereocenters. The number of hydrogen-bond donors (Lipinski definition) is 1. The highest BCUT2D eigenvalue weighted by atomic mass is 19.4. The molecular weight excluding hydrogens is 439 g/mol. The van der Waals surface area contributed by atoms with E-state index in [-0.39, 0.29) is 11.9 Å². The van der Waals surface area contributed by atoms with E-state index in [0.29, 0.717) is 54.2 Å². The molecule has 3 aromatic rings. The average molecular weight is 461 g/mol.